The Morgan fingerprint density at radius 1 is 1.17 bits per heavy atom. The maximum Gasteiger partial charge on any atom is 0.306 e. The lowest BCUT2D eigenvalue weighted by molar-refractivity contribution is -0.164. The molecule has 6 heteroatoms. The molecule has 8 atom stereocenters. The lowest BCUT2D eigenvalue weighted by Crippen LogP contribution is -2.63. The van der Waals surface area contributed by atoms with E-state index in [1.807, 2.05) is 6.08 Å². The minimum Gasteiger partial charge on any atom is -0.458 e. The van der Waals surface area contributed by atoms with E-state index in [1.54, 1.807) is 6.92 Å². The lowest BCUT2D eigenvalue weighted by atomic mass is 9.46. The maximum atomic E-state index is 12.3. The Kier molecular flexibility index (Phi) is 3.78. The summed E-state index contributed by atoms with van der Waals surface area (Å²) in [6.07, 6.45) is 8.38. The standard InChI is InChI=1S/C24H30O5S/c1-13(25)30-17-11-14-10-15(26)4-7-21(14,2)24-18(28-24)12-22(3)16(20(17)24)5-8-23(22)9-6-19(27)29-23/h10,16-18,20H,4-9,11-12H2,1-3H3/t16?,17-,18+,20?,21?,22?,23-,24-/m1/s1. The van der Waals surface area contributed by atoms with E-state index in [-0.39, 0.29) is 56.2 Å². The van der Waals surface area contributed by atoms with Crippen LogP contribution >= 0.6 is 11.8 Å². The number of rotatable bonds is 1. The number of ketones is 1. The van der Waals surface area contributed by atoms with Gasteiger partial charge in [-0.3, -0.25) is 14.4 Å². The largest absolute Gasteiger partial charge is 0.458 e. The second kappa shape index (κ2) is 5.80. The smallest absolute Gasteiger partial charge is 0.306 e. The molecule has 0 radical (unpaired) electrons. The topological polar surface area (TPSA) is 73.0 Å². The van der Waals surface area contributed by atoms with E-state index in [0.29, 0.717) is 18.8 Å². The van der Waals surface area contributed by atoms with Gasteiger partial charge in [-0.15, -0.1) is 0 Å². The Morgan fingerprint density at radius 3 is 2.67 bits per heavy atom. The summed E-state index contributed by atoms with van der Waals surface area (Å²) in [5.74, 6) is 0.769. The van der Waals surface area contributed by atoms with Crippen LogP contribution in [0.1, 0.15) is 72.1 Å². The molecule has 0 aromatic carbocycles. The molecule has 6 aliphatic rings. The zero-order valence-electron chi connectivity index (χ0n) is 18.0. The van der Waals surface area contributed by atoms with E-state index in [9.17, 15) is 14.4 Å². The van der Waals surface area contributed by atoms with Gasteiger partial charge in [-0.05, 0) is 50.5 Å². The Morgan fingerprint density at radius 2 is 1.97 bits per heavy atom. The first kappa shape index (κ1) is 19.5. The third-order valence-corrected chi connectivity index (χ3v) is 11.1. The summed E-state index contributed by atoms with van der Waals surface area (Å²) in [6.45, 7) is 6.27. The summed E-state index contributed by atoms with van der Waals surface area (Å²) in [5, 5.41) is 0.251. The molecule has 2 aliphatic heterocycles. The number of carbonyl (C=O) groups excluding carboxylic acids is 3. The van der Waals surface area contributed by atoms with Gasteiger partial charge in [0, 0.05) is 41.8 Å². The maximum absolute atomic E-state index is 12.3. The molecule has 0 aromatic rings. The molecule has 5 fully saturated rings. The van der Waals surface area contributed by atoms with Gasteiger partial charge < -0.3 is 9.47 Å². The Hall–Kier alpha value is -1.14. The van der Waals surface area contributed by atoms with Gasteiger partial charge in [0.15, 0.2) is 10.9 Å². The van der Waals surface area contributed by atoms with Crippen LogP contribution in [0, 0.1) is 22.7 Å². The van der Waals surface area contributed by atoms with Crippen molar-refractivity contribution in [3.8, 4) is 0 Å². The van der Waals surface area contributed by atoms with E-state index in [1.165, 1.54) is 17.3 Å². The van der Waals surface area contributed by atoms with Crippen LogP contribution in [0.2, 0.25) is 0 Å². The predicted molar refractivity (Wildman–Crippen MR) is 112 cm³/mol. The van der Waals surface area contributed by atoms with Gasteiger partial charge in [-0.2, -0.15) is 0 Å². The monoisotopic (exact) mass is 430 g/mol. The van der Waals surface area contributed by atoms with Crippen molar-refractivity contribution in [2.24, 2.45) is 22.7 Å². The molecule has 0 bridgehead atoms. The van der Waals surface area contributed by atoms with Crippen molar-refractivity contribution in [3.05, 3.63) is 11.6 Å². The van der Waals surface area contributed by atoms with Crippen LogP contribution in [0.4, 0.5) is 0 Å². The summed E-state index contributed by atoms with van der Waals surface area (Å²) in [5.41, 5.74) is 0.320. The third-order valence-electron chi connectivity index (χ3n) is 9.97. The fourth-order valence-electron chi connectivity index (χ4n) is 8.57. The zero-order chi connectivity index (χ0) is 21.1. The molecule has 162 valence electrons. The summed E-state index contributed by atoms with van der Waals surface area (Å²) in [6, 6.07) is 0. The number of hydrogen-bond acceptors (Lipinski definition) is 6. The minimum absolute atomic E-state index is 0.0632. The average molecular weight is 431 g/mol. The molecule has 3 saturated carbocycles. The van der Waals surface area contributed by atoms with Crippen molar-refractivity contribution in [2.45, 2.75) is 94.7 Å². The Bertz CT molecular complexity index is 911. The lowest BCUT2D eigenvalue weighted by Gasteiger charge is -2.58. The highest BCUT2D eigenvalue weighted by Gasteiger charge is 2.83. The zero-order valence-corrected chi connectivity index (χ0v) is 18.8. The minimum atomic E-state index is -0.363. The van der Waals surface area contributed by atoms with E-state index >= 15 is 0 Å². The summed E-state index contributed by atoms with van der Waals surface area (Å²) < 4.78 is 12.8. The molecule has 30 heavy (non-hydrogen) atoms. The number of ether oxygens (including phenoxy) is 2. The van der Waals surface area contributed by atoms with Gasteiger partial charge in [0.1, 0.15) is 11.2 Å². The number of esters is 1. The van der Waals surface area contributed by atoms with Crippen molar-refractivity contribution < 1.29 is 23.9 Å². The fraction of sp³-hybridized carbons (Fsp3) is 0.792. The first-order valence-electron chi connectivity index (χ1n) is 11.5. The summed E-state index contributed by atoms with van der Waals surface area (Å²) >= 11 is 1.44. The third kappa shape index (κ3) is 2.13. The van der Waals surface area contributed by atoms with Gasteiger partial charge in [0.25, 0.3) is 0 Å². The van der Waals surface area contributed by atoms with Crippen LogP contribution in [0.25, 0.3) is 0 Å². The molecular weight excluding hydrogens is 400 g/mol. The van der Waals surface area contributed by atoms with E-state index in [0.717, 1.165) is 38.5 Å². The number of carbonyl (C=O) groups is 3. The molecule has 2 heterocycles. The second-order valence-corrected chi connectivity index (χ2v) is 12.4. The number of epoxide rings is 1. The normalized spacial score (nSPS) is 53.4. The highest BCUT2D eigenvalue weighted by Crippen LogP contribution is 2.78. The highest BCUT2D eigenvalue weighted by molar-refractivity contribution is 8.14. The van der Waals surface area contributed by atoms with Gasteiger partial charge in [-0.1, -0.05) is 31.2 Å². The van der Waals surface area contributed by atoms with Gasteiger partial charge in [0.05, 0.1) is 6.10 Å². The quantitative estimate of drug-likeness (QED) is 0.463. The first-order chi connectivity index (χ1) is 14.2. The van der Waals surface area contributed by atoms with Gasteiger partial charge >= 0.3 is 5.97 Å². The van der Waals surface area contributed by atoms with Crippen molar-refractivity contribution in [1.82, 2.24) is 0 Å². The van der Waals surface area contributed by atoms with Crippen molar-refractivity contribution in [2.75, 3.05) is 0 Å². The molecular formula is C24H30O5S. The van der Waals surface area contributed by atoms with Crippen LogP contribution in [0.5, 0.6) is 0 Å². The van der Waals surface area contributed by atoms with Gasteiger partial charge in [-0.25, -0.2) is 0 Å². The number of hydrogen-bond donors (Lipinski definition) is 0. The second-order valence-electron chi connectivity index (χ2n) is 11.0. The van der Waals surface area contributed by atoms with Crippen LogP contribution < -0.4 is 0 Å². The van der Waals surface area contributed by atoms with Crippen LogP contribution in [-0.4, -0.2) is 39.4 Å². The molecule has 6 rings (SSSR count). The molecule has 4 unspecified atom stereocenters. The molecule has 2 saturated heterocycles. The molecule has 5 nitrogen and oxygen atoms in total. The van der Waals surface area contributed by atoms with E-state index in [4.69, 9.17) is 9.47 Å². The van der Waals surface area contributed by atoms with Crippen LogP contribution in [0.15, 0.2) is 11.6 Å². The molecule has 0 N–H and O–H groups in total. The highest BCUT2D eigenvalue weighted by atomic mass is 32.2. The molecule has 0 amide bonds. The molecule has 4 aliphatic carbocycles. The Balaban J connectivity index is 1.47. The van der Waals surface area contributed by atoms with E-state index < -0.39 is 0 Å². The fourth-order valence-corrected chi connectivity index (χ4v) is 9.80. The predicted octanol–water partition coefficient (Wildman–Crippen LogP) is 3.98. The molecule has 2 spiro atoms. The number of fused-ring (bicyclic) bond motifs is 4. The van der Waals surface area contributed by atoms with Crippen LogP contribution in [-0.2, 0) is 23.9 Å². The SMILES string of the molecule is CC(=O)S[C@@H]1CC2=CC(=O)CCC2(C)[C@@]23O[C@H]2CC2(C)C(CC[C@@]24CCC(=O)O4)C13. The summed E-state index contributed by atoms with van der Waals surface area (Å²) in [7, 11) is 0. The molecule has 0 aromatic heterocycles. The Labute approximate surface area is 181 Å². The van der Waals surface area contributed by atoms with Gasteiger partial charge in [0.2, 0.25) is 0 Å². The van der Waals surface area contributed by atoms with Crippen LogP contribution in [0.3, 0.4) is 0 Å². The number of thioether (sulfide) groups is 1. The van der Waals surface area contributed by atoms with E-state index in [2.05, 4.69) is 13.8 Å². The van der Waals surface area contributed by atoms with Crippen molar-refractivity contribution in [3.63, 3.8) is 0 Å². The summed E-state index contributed by atoms with van der Waals surface area (Å²) in [4.78, 5) is 36.6. The first-order valence-corrected chi connectivity index (χ1v) is 12.3. The average Bonchev–Trinajstić information content (AvgIpc) is 3.15. The van der Waals surface area contributed by atoms with Crippen molar-refractivity contribution in [1.29, 1.82) is 0 Å². The van der Waals surface area contributed by atoms with Crippen molar-refractivity contribution >= 4 is 28.6 Å².